The van der Waals surface area contributed by atoms with E-state index in [1.54, 1.807) is 19.1 Å². The van der Waals surface area contributed by atoms with Crippen molar-refractivity contribution in [1.29, 1.82) is 0 Å². The molecule has 0 amide bonds. The maximum Gasteiger partial charge on any atom is 0.310 e. The van der Waals surface area contributed by atoms with Crippen molar-refractivity contribution in [2.24, 2.45) is 0 Å². The number of aliphatic carboxylic acids is 1. The van der Waals surface area contributed by atoms with Gasteiger partial charge in [0.15, 0.2) is 0 Å². The summed E-state index contributed by atoms with van der Waals surface area (Å²) in [7, 11) is 0. The van der Waals surface area contributed by atoms with Crippen molar-refractivity contribution >= 4 is 11.9 Å². The number of ether oxygens (including phenoxy) is 2. The molecule has 2 aromatic rings. The number of aliphatic hydroxyl groups is 1. The maximum atomic E-state index is 11.5. The van der Waals surface area contributed by atoms with Gasteiger partial charge in [0.1, 0.15) is 45.2 Å². The number of hydrogen-bond acceptors (Lipinski definition) is 9. The molecule has 2 atom stereocenters. The molecule has 0 aliphatic carbocycles. The summed E-state index contributed by atoms with van der Waals surface area (Å²) in [5.74, 6) is -1.18. The first-order valence-electron chi connectivity index (χ1n) is 12.7. The van der Waals surface area contributed by atoms with E-state index in [2.05, 4.69) is 13.2 Å². The number of aliphatic hydroxyl groups excluding tert-OH is 1. The highest BCUT2D eigenvalue weighted by Crippen LogP contribution is 2.08. The van der Waals surface area contributed by atoms with Crippen LogP contribution in [0.1, 0.15) is 32.4 Å². The van der Waals surface area contributed by atoms with Crippen LogP contribution in [0.15, 0.2) is 85.0 Å². The Bertz CT molecular complexity index is 990. The number of carboxylic acid groups (broad SMARTS) is 1. The summed E-state index contributed by atoms with van der Waals surface area (Å²) in [5.41, 5.74) is 3.48. The first-order valence-corrected chi connectivity index (χ1v) is 12.7. The SMILES string of the molecule is C.C=C(C)COOCC(O)COC(=O)Cc1ccccc1.C=C(C)COOCC1CO1.O=C(O)Cc1ccccc1. The van der Waals surface area contributed by atoms with Crippen LogP contribution in [-0.4, -0.2) is 74.0 Å². The molecule has 0 saturated carbocycles. The smallest absolute Gasteiger partial charge is 0.310 e. The highest BCUT2D eigenvalue weighted by molar-refractivity contribution is 5.72. The summed E-state index contributed by atoms with van der Waals surface area (Å²) in [6, 6.07) is 18.4. The monoisotopic (exact) mass is 576 g/mol. The zero-order chi connectivity index (χ0) is 29.6. The lowest BCUT2D eigenvalue weighted by atomic mass is 10.2. The van der Waals surface area contributed by atoms with Crippen LogP contribution in [0.25, 0.3) is 0 Å². The first kappa shape index (κ1) is 37.6. The van der Waals surface area contributed by atoms with Crippen molar-refractivity contribution in [3.63, 3.8) is 0 Å². The Balaban J connectivity index is 0.000000639. The third kappa shape index (κ3) is 24.2. The maximum absolute atomic E-state index is 11.5. The van der Waals surface area contributed by atoms with Crippen molar-refractivity contribution in [2.75, 3.05) is 39.6 Å². The quantitative estimate of drug-likeness (QED) is 0.0734. The van der Waals surface area contributed by atoms with E-state index < -0.39 is 18.0 Å². The van der Waals surface area contributed by atoms with Crippen LogP contribution in [0.4, 0.5) is 0 Å². The molecule has 0 spiro atoms. The molecule has 1 heterocycles. The third-order valence-corrected chi connectivity index (χ3v) is 4.52. The average molecular weight is 577 g/mol. The summed E-state index contributed by atoms with van der Waals surface area (Å²) in [6.45, 7) is 12.8. The molecule has 41 heavy (non-hydrogen) atoms. The third-order valence-electron chi connectivity index (χ3n) is 4.52. The number of esters is 1. The Morgan fingerprint density at radius 2 is 1.34 bits per heavy atom. The molecule has 0 aromatic heterocycles. The molecule has 3 rings (SSSR count). The highest BCUT2D eigenvalue weighted by Gasteiger charge is 2.22. The first-order chi connectivity index (χ1) is 19.2. The fourth-order valence-corrected chi connectivity index (χ4v) is 2.52. The van der Waals surface area contributed by atoms with Gasteiger partial charge in [-0.25, -0.2) is 19.6 Å². The van der Waals surface area contributed by atoms with E-state index in [1.165, 1.54) is 0 Å². The molecule has 0 radical (unpaired) electrons. The number of epoxide rings is 1. The predicted octanol–water partition coefficient (Wildman–Crippen LogP) is 4.52. The molecule has 1 aliphatic rings. The van der Waals surface area contributed by atoms with Gasteiger partial charge in [-0.05, 0) is 25.0 Å². The van der Waals surface area contributed by atoms with E-state index in [1.807, 2.05) is 55.5 Å². The normalized spacial score (nSPS) is 13.6. The van der Waals surface area contributed by atoms with Gasteiger partial charge in [0.25, 0.3) is 0 Å². The standard InChI is InChI=1S/C15H20O5.C8H8O2.C7H12O3.CH4/c1-12(2)9-19-20-11-14(16)10-18-15(17)8-13-6-4-3-5-7-13;9-8(10)6-7-4-2-1-3-5-7;1-6(2)3-9-10-5-7-4-8-7;/h3-7,14,16H,1,8-11H2,2H3;1-5H,6H2,(H,9,10);7H,1,3-5H2,2H3;1H4. The van der Waals surface area contributed by atoms with Crippen LogP contribution in [0, 0.1) is 0 Å². The number of carboxylic acids is 1. The van der Waals surface area contributed by atoms with Crippen LogP contribution in [-0.2, 0) is 51.5 Å². The number of benzene rings is 2. The van der Waals surface area contributed by atoms with E-state index in [9.17, 15) is 14.7 Å². The molecule has 228 valence electrons. The van der Waals surface area contributed by atoms with Gasteiger partial charge in [-0.2, -0.15) is 0 Å². The molecule has 2 unspecified atom stereocenters. The summed E-state index contributed by atoms with van der Waals surface area (Å²) in [6.07, 6.45) is -0.355. The Hall–Kier alpha value is -3.38. The van der Waals surface area contributed by atoms with Gasteiger partial charge in [0.05, 0.1) is 19.4 Å². The molecule has 10 nitrogen and oxygen atoms in total. The lowest BCUT2D eigenvalue weighted by Gasteiger charge is -2.11. The fourth-order valence-electron chi connectivity index (χ4n) is 2.52. The summed E-state index contributed by atoms with van der Waals surface area (Å²) in [5, 5.41) is 17.9. The van der Waals surface area contributed by atoms with E-state index in [0.717, 1.165) is 28.9 Å². The number of carbonyl (C=O) groups excluding carboxylic acids is 1. The van der Waals surface area contributed by atoms with Crippen LogP contribution in [0.2, 0.25) is 0 Å². The molecule has 1 aliphatic heterocycles. The Kier molecular flexibility index (Phi) is 21.4. The van der Waals surface area contributed by atoms with Crippen molar-refractivity contribution in [1.82, 2.24) is 0 Å². The zero-order valence-electron chi connectivity index (χ0n) is 23.2. The van der Waals surface area contributed by atoms with E-state index in [-0.39, 0.29) is 46.2 Å². The van der Waals surface area contributed by atoms with Crippen LogP contribution in [0.3, 0.4) is 0 Å². The van der Waals surface area contributed by atoms with Gasteiger partial charge in [-0.3, -0.25) is 9.59 Å². The van der Waals surface area contributed by atoms with Gasteiger partial charge in [0.2, 0.25) is 0 Å². The van der Waals surface area contributed by atoms with Gasteiger partial charge in [-0.15, -0.1) is 0 Å². The van der Waals surface area contributed by atoms with Gasteiger partial charge in [0, 0.05) is 0 Å². The molecular weight excluding hydrogens is 532 g/mol. The molecule has 1 fully saturated rings. The second-order valence-corrected chi connectivity index (χ2v) is 9.02. The Labute approximate surface area is 243 Å². The topological polar surface area (TPSA) is 133 Å². The minimum absolute atomic E-state index is 0. The number of rotatable bonds is 16. The highest BCUT2D eigenvalue weighted by atomic mass is 17.2. The zero-order valence-corrected chi connectivity index (χ0v) is 23.2. The van der Waals surface area contributed by atoms with Crippen molar-refractivity contribution in [3.8, 4) is 0 Å². The van der Waals surface area contributed by atoms with E-state index in [0.29, 0.717) is 13.2 Å². The molecule has 1 saturated heterocycles. The molecule has 2 N–H and O–H groups in total. The minimum Gasteiger partial charge on any atom is -0.481 e. The van der Waals surface area contributed by atoms with Crippen molar-refractivity contribution in [2.45, 2.75) is 46.3 Å². The van der Waals surface area contributed by atoms with Crippen LogP contribution >= 0.6 is 0 Å². The summed E-state index contributed by atoms with van der Waals surface area (Å²) < 4.78 is 9.83. The van der Waals surface area contributed by atoms with Crippen molar-refractivity contribution in [3.05, 3.63) is 96.1 Å². The fraction of sp³-hybridized carbons (Fsp3) is 0.419. The number of hydrogen-bond donors (Lipinski definition) is 2. The van der Waals surface area contributed by atoms with Crippen molar-refractivity contribution < 1.29 is 48.8 Å². The summed E-state index contributed by atoms with van der Waals surface area (Å²) in [4.78, 5) is 40.8. The predicted molar refractivity (Wildman–Crippen MR) is 155 cm³/mol. The van der Waals surface area contributed by atoms with Gasteiger partial charge >= 0.3 is 11.9 Å². The minimum atomic E-state index is -0.917. The molecular formula is C31H44O10. The second kappa shape index (κ2) is 23.3. The molecule has 10 heteroatoms. The lowest BCUT2D eigenvalue weighted by molar-refractivity contribution is -0.300. The molecule has 2 aromatic carbocycles. The van der Waals surface area contributed by atoms with Gasteiger partial charge < -0.3 is 19.7 Å². The second-order valence-electron chi connectivity index (χ2n) is 9.02. The number of carbonyl (C=O) groups is 2. The Morgan fingerprint density at radius 3 is 1.80 bits per heavy atom. The Morgan fingerprint density at radius 1 is 0.854 bits per heavy atom. The van der Waals surface area contributed by atoms with Gasteiger partial charge in [-0.1, -0.05) is 92.4 Å². The lowest BCUT2D eigenvalue weighted by Crippen LogP contribution is -2.24. The summed E-state index contributed by atoms with van der Waals surface area (Å²) >= 11 is 0. The van der Waals surface area contributed by atoms with Crippen LogP contribution < -0.4 is 0 Å². The van der Waals surface area contributed by atoms with E-state index >= 15 is 0 Å². The average Bonchev–Trinajstić information content (AvgIpc) is 3.74. The van der Waals surface area contributed by atoms with Crippen LogP contribution in [0.5, 0.6) is 0 Å². The molecule has 0 bridgehead atoms. The largest absolute Gasteiger partial charge is 0.481 e. The van der Waals surface area contributed by atoms with E-state index in [4.69, 9.17) is 34.1 Å².